The van der Waals surface area contributed by atoms with Crippen molar-refractivity contribution in [2.75, 3.05) is 0 Å². The third-order valence-electron chi connectivity index (χ3n) is 3.82. The van der Waals surface area contributed by atoms with Gasteiger partial charge in [-0.2, -0.15) is 0 Å². The molecule has 0 spiro atoms. The van der Waals surface area contributed by atoms with E-state index < -0.39 is 5.60 Å². The largest absolute Gasteiger partial charge is 0.485 e. The van der Waals surface area contributed by atoms with E-state index in [4.69, 9.17) is 4.74 Å². The zero-order valence-electron chi connectivity index (χ0n) is 12.3. The van der Waals surface area contributed by atoms with Gasteiger partial charge in [-0.1, -0.05) is 18.2 Å². The molecule has 3 rings (SSSR count). The number of nitrogens with zero attached hydrogens (tertiary/aromatic N) is 2. The van der Waals surface area contributed by atoms with Crippen LogP contribution in [0.25, 0.3) is 0 Å². The molecule has 4 heteroatoms. The lowest BCUT2D eigenvalue weighted by atomic mass is 9.93. The summed E-state index contributed by atoms with van der Waals surface area (Å²) in [5.41, 5.74) is 0.589. The third-order valence-corrected chi connectivity index (χ3v) is 3.82. The number of hydrogen-bond donors (Lipinski definition) is 1. The number of aromatic nitrogens is 2. The average molecular weight is 272 g/mol. The van der Waals surface area contributed by atoms with Gasteiger partial charge in [-0.15, -0.1) is 0 Å². The van der Waals surface area contributed by atoms with Gasteiger partial charge in [0.25, 0.3) is 0 Å². The molecule has 106 valence electrons. The lowest BCUT2D eigenvalue weighted by molar-refractivity contribution is 0.0567. The first-order valence-electron chi connectivity index (χ1n) is 6.83. The monoisotopic (exact) mass is 272 g/mol. The normalized spacial score (nSPS) is 20.6. The highest BCUT2D eigenvalue weighted by Gasteiger charge is 2.43. The first-order valence-corrected chi connectivity index (χ1v) is 6.83. The van der Waals surface area contributed by atoms with Crippen molar-refractivity contribution < 1.29 is 9.84 Å². The van der Waals surface area contributed by atoms with Crippen LogP contribution in [0.1, 0.15) is 45.0 Å². The van der Waals surface area contributed by atoms with Gasteiger partial charge in [0.15, 0.2) is 0 Å². The summed E-state index contributed by atoms with van der Waals surface area (Å²) < 4.78 is 8.09. The fourth-order valence-electron chi connectivity index (χ4n) is 2.98. The molecule has 2 heterocycles. The molecule has 1 N–H and O–H groups in total. The Morgan fingerprint density at radius 1 is 1.30 bits per heavy atom. The van der Waals surface area contributed by atoms with Crippen LogP contribution in [0, 0.1) is 0 Å². The molecule has 1 atom stereocenters. The van der Waals surface area contributed by atoms with E-state index >= 15 is 0 Å². The molecule has 4 nitrogen and oxygen atoms in total. The Morgan fingerprint density at radius 3 is 2.70 bits per heavy atom. The number of rotatable bonds is 2. The van der Waals surface area contributed by atoms with Crippen molar-refractivity contribution in [3.05, 3.63) is 48.0 Å². The molecular weight excluding hydrogens is 252 g/mol. The standard InChI is InChI=1S/C16H20N2O2/c1-15(2,19)13-9-17-10-18(13)14-11-7-5-6-8-12(11)20-16(14,3)4/h5-10,14,19H,1-4H3. The number of fused-ring (bicyclic) bond motifs is 1. The summed E-state index contributed by atoms with van der Waals surface area (Å²) in [6.45, 7) is 7.67. The number of aliphatic hydroxyl groups is 1. The van der Waals surface area contributed by atoms with Crippen LogP contribution in [0.5, 0.6) is 5.75 Å². The lowest BCUT2D eigenvalue weighted by Crippen LogP contribution is -2.36. The number of benzene rings is 1. The summed E-state index contributed by atoms with van der Waals surface area (Å²) in [7, 11) is 0. The van der Waals surface area contributed by atoms with Gasteiger partial charge in [0.2, 0.25) is 0 Å². The minimum atomic E-state index is -0.940. The maximum Gasteiger partial charge on any atom is 0.128 e. The van der Waals surface area contributed by atoms with E-state index in [9.17, 15) is 5.11 Å². The minimum Gasteiger partial charge on any atom is -0.485 e. The number of imidazole rings is 1. The Bertz CT molecular complexity index is 638. The van der Waals surface area contributed by atoms with Gasteiger partial charge >= 0.3 is 0 Å². The van der Waals surface area contributed by atoms with Crippen molar-refractivity contribution in [3.63, 3.8) is 0 Å². The Hall–Kier alpha value is -1.81. The minimum absolute atomic E-state index is 0.00243. The second kappa shape index (κ2) is 4.09. The fraction of sp³-hybridized carbons (Fsp3) is 0.438. The van der Waals surface area contributed by atoms with Crippen LogP contribution in [0.15, 0.2) is 36.8 Å². The predicted octanol–water partition coefficient (Wildman–Crippen LogP) is 2.87. The number of para-hydroxylation sites is 1. The summed E-state index contributed by atoms with van der Waals surface area (Å²) >= 11 is 0. The van der Waals surface area contributed by atoms with Crippen molar-refractivity contribution in [2.24, 2.45) is 0 Å². The third kappa shape index (κ3) is 1.91. The highest BCUT2D eigenvalue weighted by atomic mass is 16.5. The van der Waals surface area contributed by atoms with Gasteiger partial charge in [0, 0.05) is 5.56 Å². The molecule has 0 saturated heterocycles. The highest BCUT2D eigenvalue weighted by Crippen LogP contribution is 2.46. The molecule has 0 radical (unpaired) electrons. The van der Waals surface area contributed by atoms with Crippen LogP contribution in [0.2, 0.25) is 0 Å². The molecule has 1 unspecified atom stereocenters. The van der Waals surface area contributed by atoms with E-state index in [0.29, 0.717) is 0 Å². The van der Waals surface area contributed by atoms with Crippen molar-refractivity contribution in [2.45, 2.75) is 44.9 Å². The number of ether oxygens (including phenoxy) is 1. The molecule has 0 amide bonds. The molecule has 20 heavy (non-hydrogen) atoms. The van der Waals surface area contributed by atoms with Crippen molar-refractivity contribution in [1.29, 1.82) is 0 Å². The molecule has 1 aliphatic rings. The van der Waals surface area contributed by atoms with E-state index in [1.807, 2.05) is 22.8 Å². The van der Waals surface area contributed by atoms with E-state index in [0.717, 1.165) is 17.0 Å². The van der Waals surface area contributed by atoms with Crippen LogP contribution >= 0.6 is 0 Å². The van der Waals surface area contributed by atoms with E-state index in [1.165, 1.54) is 0 Å². The highest BCUT2D eigenvalue weighted by molar-refractivity contribution is 5.43. The molecule has 0 saturated carbocycles. The summed E-state index contributed by atoms with van der Waals surface area (Å²) in [6.07, 6.45) is 3.49. The summed E-state index contributed by atoms with van der Waals surface area (Å²) in [5, 5.41) is 10.3. The molecular formula is C16H20N2O2. The van der Waals surface area contributed by atoms with Gasteiger partial charge in [-0.25, -0.2) is 4.98 Å². The van der Waals surface area contributed by atoms with Crippen LogP contribution in [-0.4, -0.2) is 20.3 Å². The smallest absolute Gasteiger partial charge is 0.128 e. The molecule has 2 aromatic rings. The predicted molar refractivity (Wildman–Crippen MR) is 76.8 cm³/mol. The summed E-state index contributed by atoms with van der Waals surface area (Å²) in [5.74, 6) is 0.901. The Balaban J connectivity index is 2.17. The summed E-state index contributed by atoms with van der Waals surface area (Å²) in [6, 6.07) is 8.04. The van der Waals surface area contributed by atoms with Crippen LogP contribution < -0.4 is 4.74 Å². The average Bonchev–Trinajstić information content (AvgIpc) is 2.87. The maximum absolute atomic E-state index is 10.3. The quantitative estimate of drug-likeness (QED) is 0.914. The van der Waals surface area contributed by atoms with Crippen molar-refractivity contribution >= 4 is 0 Å². The van der Waals surface area contributed by atoms with Gasteiger partial charge in [0.1, 0.15) is 23.0 Å². The summed E-state index contributed by atoms with van der Waals surface area (Å²) in [4.78, 5) is 4.22. The second-order valence-corrected chi connectivity index (χ2v) is 6.39. The first kappa shape index (κ1) is 13.2. The van der Waals surface area contributed by atoms with Gasteiger partial charge in [0.05, 0.1) is 18.2 Å². The molecule has 1 aromatic heterocycles. The molecule has 1 aromatic carbocycles. The zero-order chi connectivity index (χ0) is 14.5. The van der Waals surface area contributed by atoms with Crippen LogP contribution in [-0.2, 0) is 5.60 Å². The van der Waals surface area contributed by atoms with Crippen LogP contribution in [0.3, 0.4) is 0 Å². The zero-order valence-corrected chi connectivity index (χ0v) is 12.3. The van der Waals surface area contributed by atoms with E-state index in [2.05, 4.69) is 24.9 Å². The van der Waals surface area contributed by atoms with E-state index in [-0.39, 0.29) is 11.6 Å². The Kier molecular flexibility index (Phi) is 2.70. The van der Waals surface area contributed by atoms with E-state index in [1.54, 1.807) is 26.4 Å². The van der Waals surface area contributed by atoms with Crippen LogP contribution in [0.4, 0.5) is 0 Å². The fourth-order valence-corrected chi connectivity index (χ4v) is 2.98. The Morgan fingerprint density at radius 2 is 2.00 bits per heavy atom. The molecule has 0 bridgehead atoms. The Labute approximate surface area is 119 Å². The molecule has 0 aliphatic carbocycles. The van der Waals surface area contributed by atoms with Crippen molar-refractivity contribution in [3.8, 4) is 5.75 Å². The molecule has 1 aliphatic heterocycles. The van der Waals surface area contributed by atoms with Gasteiger partial charge < -0.3 is 14.4 Å². The second-order valence-electron chi connectivity index (χ2n) is 6.39. The number of hydrogen-bond acceptors (Lipinski definition) is 3. The van der Waals surface area contributed by atoms with Gasteiger partial charge in [-0.05, 0) is 33.8 Å². The SMILES string of the molecule is CC(C)(O)c1cncn1C1c2ccccc2OC1(C)C. The first-order chi connectivity index (χ1) is 9.31. The lowest BCUT2D eigenvalue weighted by Gasteiger charge is -2.31. The topological polar surface area (TPSA) is 47.3 Å². The van der Waals surface area contributed by atoms with Crippen molar-refractivity contribution in [1.82, 2.24) is 9.55 Å². The molecule has 0 fully saturated rings. The van der Waals surface area contributed by atoms with Gasteiger partial charge in [-0.3, -0.25) is 0 Å². The maximum atomic E-state index is 10.3.